The van der Waals surface area contributed by atoms with Gasteiger partial charge in [0, 0.05) is 25.2 Å². The molecule has 3 aliphatic carbocycles. The molecule has 2 aromatic rings. The third-order valence-corrected chi connectivity index (χ3v) is 15.5. The van der Waals surface area contributed by atoms with Crippen molar-refractivity contribution in [3.05, 3.63) is 82.9 Å². The third kappa shape index (κ3) is 12.0. The molecule has 2 unspecified atom stereocenters. The average molecular weight is 1200 g/mol. The molecule has 19 nitrogen and oxygen atoms in total. The van der Waals surface area contributed by atoms with Gasteiger partial charge in [0.15, 0.2) is 23.6 Å². The first-order chi connectivity index (χ1) is 35.5. The smallest absolute Gasteiger partial charge is 0.456 e. The van der Waals surface area contributed by atoms with Gasteiger partial charge in [0.05, 0.1) is 23.5 Å². The van der Waals surface area contributed by atoms with E-state index in [2.05, 4.69) is 0 Å². The van der Waals surface area contributed by atoms with Crippen molar-refractivity contribution in [2.75, 3.05) is 19.8 Å². The average Bonchev–Trinajstić information content (AvgIpc) is 3.61. The number of hydrogen-bond donors (Lipinski definition) is 1. The second-order valence-corrected chi connectivity index (χ2v) is 26.8. The number of amides is 1. The molecule has 2 bridgehead atoms. The standard InChI is InChI=1S/C52H59Cl6NO18/c1-26-30(71-41(63)36-34(28-17-13-11-14-18-28)59(47(8,9)76-36)42(64)77-45(3,4)5)22-50(67)39(74-40(62)29-19-15-12-16-20-29)37-48(10,38(61)35(33(26)46(50,6)7)73-44(66)70-25-52(56,57)58)31(72-43(65)69-24-51(53,54)55)21-32-49(37,23-68-32)75-27(2)60/h11-20,30-32,34-37,39,67H,21-25H2,1-10H3/t30-,31-,32+,34+,35+,36+,37?,39?,48+,49-,50+/m0/s1. The number of ether oxygens (including phenoxy) is 10. The molecule has 0 spiro atoms. The van der Waals surface area contributed by atoms with Crippen LogP contribution in [0.15, 0.2) is 71.8 Å². The molecule has 1 N–H and O–H groups in total. The topological polar surface area (TPSA) is 235 Å². The highest BCUT2D eigenvalue weighted by Crippen LogP contribution is 2.65. The minimum atomic E-state index is -2.62. The lowest BCUT2D eigenvalue weighted by Crippen LogP contribution is -2.82. The quantitative estimate of drug-likeness (QED) is 0.101. The maximum absolute atomic E-state index is 16.4. The number of halogens is 6. The number of esters is 3. The van der Waals surface area contributed by atoms with Crippen LogP contribution in [0.4, 0.5) is 14.4 Å². The molecule has 2 saturated heterocycles. The van der Waals surface area contributed by atoms with Gasteiger partial charge in [0.2, 0.25) is 7.59 Å². The second kappa shape index (κ2) is 21.6. The van der Waals surface area contributed by atoms with Gasteiger partial charge in [0.25, 0.3) is 0 Å². The molecule has 422 valence electrons. The van der Waals surface area contributed by atoms with Crippen LogP contribution in [-0.4, -0.2) is 139 Å². The second-order valence-electron chi connectivity index (χ2n) is 21.8. The zero-order valence-corrected chi connectivity index (χ0v) is 48.1. The van der Waals surface area contributed by atoms with Gasteiger partial charge in [0.1, 0.15) is 60.6 Å². The number of rotatable bonds is 10. The number of alkyl halides is 6. The van der Waals surface area contributed by atoms with Crippen molar-refractivity contribution in [3.8, 4) is 0 Å². The summed E-state index contributed by atoms with van der Waals surface area (Å²) in [5.41, 5.74) is -11.2. The molecule has 11 atom stereocenters. The number of hydrogen-bond acceptors (Lipinski definition) is 18. The van der Waals surface area contributed by atoms with Crippen molar-refractivity contribution in [2.45, 2.75) is 155 Å². The molecule has 2 saturated carbocycles. The molecule has 5 aliphatic rings. The highest BCUT2D eigenvalue weighted by molar-refractivity contribution is 6.68. The Balaban J connectivity index is 1.47. The maximum atomic E-state index is 16.4. The molecule has 25 heteroatoms. The Hall–Kier alpha value is -4.31. The summed E-state index contributed by atoms with van der Waals surface area (Å²) < 4.78 is 55.5. The predicted octanol–water partition coefficient (Wildman–Crippen LogP) is 9.81. The molecule has 1 amide bonds. The van der Waals surface area contributed by atoms with Crippen LogP contribution in [0, 0.1) is 16.7 Å². The van der Waals surface area contributed by atoms with Crippen LogP contribution in [-0.2, 0) is 61.8 Å². The van der Waals surface area contributed by atoms with Gasteiger partial charge in [-0.15, -0.1) is 0 Å². The Morgan fingerprint density at radius 1 is 0.792 bits per heavy atom. The van der Waals surface area contributed by atoms with Crippen LogP contribution >= 0.6 is 69.6 Å². The van der Waals surface area contributed by atoms with Crippen LogP contribution in [0.25, 0.3) is 0 Å². The van der Waals surface area contributed by atoms with E-state index in [4.69, 9.17) is 117 Å². The molecular formula is C52H59Cl6NO18. The van der Waals surface area contributed by atoms with Crippen molar-refractivity contribution in [3.63, 3.8) is 0 Å². The monoisotopic (exact) mass is 1200 g/mol. The summed E-state index contributed by atoms with van der Waals surface area (Å²) in [6, 6.07) is 14.9. The van der Waals surface area contributed by atoms with Crippen molar-refractivity contribution in [1.29, 1.82) is 0 Å². The minimum Gasteiger partial charge on any atom is -0.456 e. The Labute approximate surface area is 474 Å². The normalized spacial score (nSPS) is 31.4. The van der Waals surface area contributed by atoms with Gasteiger partial charge in [-0.25, -0.2) is 24.0 Å². The van der Waals surface area contributed by atoms with Crippen molar-refractivity contribution in [2.24, 2.45) is 16.7 Å². The Bertz CT molecular complexity index is 2670. The van der Waals surface area contributed by atoms with E-state index in [0.29, 0.717) is 5.56 Å². The van der Waals surface area contributed by atoms with Gasteiger partial charge in [-0.3, -0.25) is 14.5 Å². The maximum Gasteiger partial charge on any atom is 0.509 e. The molecule has 2 aromatic carbocycles. The summed E-state index contributed by atoms with van der Waals surface area (Å²) in [4.78, 5) is 103. The van der Waals surface area contributed by atoms with E-state index in [1.54, 1.807) is 83.1 Å². The minimum absolute atomic E-state index is 0.0306. The van der Waals surface area contributed by atoms with E-state index in [0.717, 1.165) is 6.92 Å². The van der Waals surface area contributed by atoms with Crippen LogP contribution in [0.2, 0.25) is 0 Å². The summed E-state index contributed by atoms with van der Waals surface area (Å²) in [5, 5.41) is 14.2. The van der Waals surface area contributed by atoms with Crippen LogP contribution in [0.1, 0.15) is 104 Å². The van der Waals surface area contributed by atoms with E-state index in [-0.39, 0.29) is 16.7 Å². The SMILES string of the molecule is CC(=O)O[C@@]12CO[C@@H]1C[C@H](OC(=O)OCC(Cl)(Cl)Cl)[C@@]1(C)C(=O)[C@H](OC(=O)OCC(Cl)(Cl)Cl)C3=C(C)[C@@H](OC(=O)[C@@H]4OC(C)(C)N(C(=O)OC(C)(C)C)[C@@H]4c4ccccc4)C[C@@](O)(C(OC(=O)c4ccccc4)C12)C3(C)C. The zero-order valence-electron chi connectivity index (χ0n) is 43.5. The first-order valence-corrected chi connectivity index (χ1v) is 26.5. The Morgan fingerprint density at radius 2 is 1.35 bits per heavy atom. The lowest BCUT2D eigenvalue weighted by molar-refractivity contribution is -0.346. The van der Waals surface area contributed by atoms with E-state index in [1.807, 2.05) is 0 Å². The summed E-state index contributed by atoms with van der Waals surface area (Å²) >= 11 is 35.6. The molecule has 0 aromatic heterocycles. The summed E-state index contributed by atoms with van der Waals surface area (Å²) in [6.07, 6.45) is -15.4. The molecule has 4 fully saturated rings. The van der Waals surface area contributed by atoms with E-state index in [9.17, 15) is 29.1 Å². The highest BCUT2D eigenvalue weighted by atomic mass is 35.6. The van der Waals surface area contributed by atoms with Crippen molar-refractivity contribution < 1.29 is 86.0 Å². The van der Waals surface area contributed by atoms with Crippen LogP contribution in [0.3, 0.4) is 0 Å². The number of ketones is 1. The number of carbonyl (C=O) groups is 7. The molecule has 2 aliphatic heterocycles. The van der Waals surface area contributed by atoms with Gasteiger partial charge in [-0.05, 0) is 77.3 Å². The third-order valence-electron chi connectivity index (χ3n) is 14.8. The molecule has 2 heterocycles. The fourth-order valence-corrected chi connectivity index (χ4v) is 11.8. The largest absolute Gasteiger partial charge is 0.509 e. The number of benzene rings is 2. The summed E-state index contributed by atoms with van der Waals surface area (Å²) in [7, 11) is 0. The first-order valence-electron chi connectivity index (χ1n) is 24.3. The number of nitrogens with zero attached hydrogens (tertiary/aromatic N) is 1. The summed E-state index contributed by atoms with van der Waals surface area (Å²) in [6.45, 7) is 12.7. The fourth-order valence-electron chi connectivity index (χ4n) is 11.5. The van der Waals surface area contributed by atoms with E-state index >= 15 is 9.59 Å². The molecule has 0 radical (unpaired) electrons. The fraction of sp³-hybridized carbons (Fsp3) is 0.596. The molecule has 7 rings (SSSR count). The van der Waals surface area contributed by atoms with Crippen LogP contribution < -0.4 is 0 Å². The lowest BCUT2D eigenvalue weighted by Gasteiger charge is -2.67. The van der Waals surface area contributed by atoms with Gasteiger partial charge < -0.3 is 52.5 Å². The van der Waals surface area contributed by atoms with Crippen LogP contribution in [0.5, 0.6) is 0 Å². The first kappa shape index (κ1) is 60.3. The van der Waals surface area contributed by atoms with E-state index < -0.39 is 164 Å². The lowest BCUT2D eigenvalue weighted by atomic mass is 9.44. The number of carbonyl (C=O) groups excluding carboxylic acids is 7. The Kier molecular flexibility index (Phi) is 16.9. The van der Waals surface area contributed by atoms with Crippen molar-refractivity contribution in [1.82, 2.24) is 4.90 Å². The van der Waals surface area contributed by atoms with Crippen molar-refractivity contribution >= 4 is 112 Å². The van der Waals surface area contributed by atoms with E-state index in [1.165, 1.54) is 44.7 Å². The zero-order chi connectivity index (χ0) is 57.2. The number of aliphatic hydroxyl groups is 1. The highest BCUT2D eigenvalue weighted by Gasteiger charge is 2.79. The molecule has 77 heavy (non-hydrogen) atoms. The van der Waals surface area contributed by atoms with Gasteiger partial charge in [-0.2, -0.15) is 0 Å². The number of Topliss-reactive ketones (excluding diaryl/α,β-unsaturated/α-hetero) is 1. The number of fused-ring (bicyclic) bond motifs is 5. The van der Waals surface area contributed by atoms with Gasteiger partial charge in [-0.1, -0.05) is 132 Å². The molecular weight excluding hydrogens is 1140 g/mol. The summed E-state index contributed by atoms with van der Waals surface area (Å²) in [5.74, 6) is -5.96. The Morgan fingerprint density at radius 3 is 1.87 bits per heavy atom. The van der Waals surface area contributed by atoms with Gasteiger partial charge >= 0.3 is 36.3 Å². The predicted molar refractivity (Wildman–Crippen MR) is 276 cm³/mol.